The second-order valence-corrected chi connectivity index (χ2v) is 2.81. The van der Waals surface area contributed by atoms with E-state index in [9.17, 15) is 15.3 Å². The molecule has 0 aromatic carbocycles. The third-order valence-corrected chi connectivity index (χ3v) is 1.92. The van der Waals surface area contributed by atoms with Gasteiger partial charge in [0.1, 0.15) is 6.20 Å². The highest BCUT2D eigenvalue weighted by atomic mass is 16.6. The first-order valence-corrected chi connectivity index (χ1v) is 3.79. The summed E-state index contributed by atoms with van der Waals surface area (Å²) in [5.41, 5.74) is 0.127. The van der Waals surface area contributed by atoms with Gasteiger partial charge < -0.3 is 5.21 Å². The maximum atomic E-state index is 11.3. The average molecular weight is 194 g/mol. The van der Waals surface area contributed by atoms with Crippen molar-refractivity contribution in [1.82, 2.24) is 9.55 Å². The molecule has 0 saturated carbocycles. The van der Waals surface area contributed by atoms with Gasteiger partial charge in [0.2, 0.25) is 5.52 Å². The molecule has 0 aliphatic heterocycles. The van der Waals surface area contributed by atoms with Crippen molar-refractivity contribution in [1.29, 1.82) is 0 Å². The SMILES string of the molecule is Cn1cnc2c([N+](=O)[O-])cc[n+]([O-])c21. The summed E-state index contributed by atoms with van der Waals surface area (Å²) in [4.78, 5) is 13.8. The molecule has 0 spiro atoms. The van der Waals surface area contributed by atoms with Crippen LogP contribution in [0.15, 0.2) is 18.6 Å². The largest absolute Gasteiger partial charge is 0.711 e. The Morgan fingerprint density at radius 3 is 3.00 bits per heavy atom. The highest BCUT2D eigenvalue weighted by Crippen LogP contribution is 2.19. The molecule has 2 aromatic rings. The van der Waals surface area contributed by atoms with E-state index < -0.39 is 4.92 Å². The van der Waals surface area contributed by atoms with E-state index >= 15 is 0 Å². The Hall–Kier alpha value is -2.18. The maximum absolute atomic E-state index is 11.3. The van der Waals surface area contributed by atoms with Crippen LogP contribution in [0, 0.1) is 15.3 Å². The van der Waals surface area contributed by atoms with Gasteiger partial charge in [0, 0.05) is 0 Å². The van der Waals surface area contributed by atoms with Crippen LogP contribution < -0.4 is 4.73 Å². The summed E-state index contributed by atoms with van der Waals surface area (Å²) in [5, 5.41) is 21.8. The Morgan fingerprint density at radius 1 is 1.64 bits per heavy atom. The zero-order chi connectivity index (χ0) is 10.3. The topological polar surface area (TPSA) is 87.9 Å². The minimum absolute atomic E-state index is 0.106. The fraction of sp³-hybridized carbons (Fsp3) is 0.143. The number of rotatable bonds is 1. The molecule has 0 unspecified atom stereocenters. The van der Waals surface area contributed by atoms with E-state index in [0.717, 1.165) is 12.3 Å². The molecule has 7 nitrogen and oxygen atoms in total. The fourth-order valence-corrected chi connectivity index (χ4v) is 1.30. The van der Waals surface area contributed by atoms with E-state index in [1.54, 1.807) is 7.05 Å². The van der Waals surface area contributed by atoms with E-state index in [2.05, 4.69) is 4.98 Å². The molecule has 2 rings (SSSR count). The highest BCUT2D eigenvalue weighted by Gasteiger charge is 2.21. The molecule has 0 radical (unpaired) electrons. The third-order valence-electron chi connectivity index (χ3n) is 1.92. The quantitative estimate of drug-likeness (QED) is 0.279. The fourth-order valence-electron chi connectivity index (χ4n) is 1.30. The number of imidazole rings is 1. The molecule has 72 valence electrons. The van der Waals surface area contributed by atoms with Crippen molar-refractivity contribution in [2.24, 2.45) is 7.05 Å². The van der Waals surface area contributed by atoms with Crippen molar-refractivity contribution in [2.45, 2.75) is 0 Å². The molecular formula is C7H6N4O3. The van der Waals surface area contributed by atoms with Gasteiger partial charge in [0.15, 0.2) is 6.33 Å². The van der Waals surface area contributed by atoms with Gasteiger partial charge in [-0.15, -0.1) is 0 Å². The van der Waals surface area contributed by atoms with Crippen LogP contribution in [0.2, 0.25) is 0 Å². The molecule has 0 atom stereocenters. The number of fused-ring (bicyclic) bond motifs is 1. The van der Waals surface area contributed by atoms with Gasteiger partial charge in [-0.1, -0.05) is 0 Å². The van der Waals surface area contributed by atoms with E-state index in [4.69, 9.17) is 0 Å². The third kappa shape index (κ3) is 0.987. The van der Waals surface area contributed by atoms with Gasteiger partial charge in [0.25, 0.3) is 0 Å². The Kier molecular flexibility index (Phi) is 1.60. The van der Waals surface area contributed by atoms with Gasteiger partial charge in [-0.2, -0.15) is 0 Å². The number of nitrogens with zero attached hydrogens (tertiary/aromatic N) is 4. The van der Waals surface area contributed by atoms with E-state index in [1.807, 2.05) is 0 Å². The van der Waals surface area contributed by atoms with Gasteiger partial charge in [-0.05, 0) is 0 Å². The van der Waals surface area contributed by atoms with Crippen LogP contribution in [-0.2, 0) is 7.05 Å². The second kappa shape index (κ2) is 2.66. The van der Waals surface area contributed by atoms with Gasteiger partial charge in [0.05, 0.1) is 18.0 Å². The number of nitro groups is 1. The van der Waals surface area contributed by atoms with Crippen molar-refractivity contribution in [3.63, 3.8) is 0 Å². The van der Waals surface area contributed by atoms with Crippen LogP contribution in [0.25, 0.3) is 11.2 Å². The molecule has 0 aliphatic rings. The molecule has 0 aliphatic carbocycles. The number of pyridine rings is 1. The number of hydrogen-bond acceptors (Lipinski definition) is 4. The molecule has 7 heteroatoms. The Balaban J connectivity index is 2.90. The lowest BCUT2D eigenvalue weighted by molar-refractivity contribution is -0.580. The van der Waals surface area contributed by atoms with Gasteiger partial charge >= 0.3 is 11.3 Å². The highest BCUT2D eigenvalue weighted by molar-refractivity contribution is 5.78. The lowest BCUT2D eigenvalue weighted by atomic mass is 10.4. The van der Waals surface area contributed by atoms with Crippen LogP contribution in [0.1, 0.15) is 0 Å². The summed E-state index contributed by atoms with van der Waals surface area (Å²) in [6, 6.07) is 1.14. The second-order valence-electron chi connectivity index (χ2n) is 2.81. The van der Waals surface area contributed by atoms with Gasteiger partial charge in [-0.25, -0.2) is 14.3 Å². The number of aryl methyl sites for hydroxylation is 1. The Bertz CT molecular complexity index is 519. The molecule has 2 aromatic heterocycles. The normalized spacial score (nSPS) is 10.6. The average Bonchev–Trinajstić information content (AvgIpc) is 2.49. The molecule has 0 bridgehead atoms. The van der Waals surface area contributed by atoms with Crippen molar-refractivity contribution in [3.05, 3.63) is 33.9 Å². The number of hydrogen-bond donors (Lipinski definition) is 0. The van der Waals surface area contributed by atoms with Crippen molar-refractivity contribution < 1.29 is 9.65 Å². The molecule has 0 N–H and O–H groups in total. The maximum Gasteiger partial charge on any atom is 0.319 e. The van der Waals surface area contributed by atoms with Crippen LogP contribution in [0.4, 0.5) is 5.69 Å². The molecule has 2 heterocycles. The summed E-state index contributed by atoms with van der Waals surface area (Å²) < 4.78 is 1.99. The summed E-state index contributed by atoms with van der Waals surface area (Å²) in [6.07, 6.45) is 2.47. The molecule has 14 heavy (non-hydrogen) atoms. The van der Waals surface area contributed by atoms with Crippen LogP contribution in [0.5, 0.6) is 0 Å². The van der Waals surface area contributed by atoms with Crippen LogP contribution in [0.3, 0.4) is 0 Å². The monoisotopic (exact) mass is 194 g/mol. The van der Waals surface area contributed by atoms with E-state index in [0.29, 0.717) is 4.73 Å². The lowest BCUT2D eigenvalue weighted by Gasteiger charge is -2.01. The van der Waals surface area contributed by atoms with Gasteiger partial charge in [-0.3, -0.25) is 10.1 Å². The summed E-state index contributed by atoms with van der Waals surface area (Å²) >= 11 is 0. The first kappa shape index (κ1) is 8.42. The lowest BCUT2D eigenvalue weighted by Crippen LogP contribution is -2.28. The van der Waals surface area contributed by atoms with Crippen LogP contribution >= 0.6 is 0 Å². The first-order valence-electron chi connectivity index (χ1n) is 3.79. The predicted molar refractivity (Wildman–Crippen MR) is 46.3 cm³/mol. The molecule has 0 amide bonds. The van der Waals surface area contributed by atoms with Crippen molar-refractivity contribution in [3.8, 4) is 0 Å². The number of aromatic nitrogens is 3. The molecule has 0 fully saturated rings. The Morgan fingerprint density at radius 2 is 2.36 bits per heavy atom. The predicted octanol–water partition coefficient (Wildman–Crippen LogP) is 0.115. The first-order chi connectivity index (χ1) is 6.61. The summed E-state index contributed by atoms with van der Waals surface area (Å²) in [7, 11) is 1.60. The van der Waals surface area contributed by atoms with E-state index in [-0.39, 0.29) is 16.9 Å². The van der Waals surface area contributed by atoms with Crippen molar-refractivity contribution in [2.75, 3.05) is 0 Å². The zero-order valence-corrected chi connectivity index (χ0v) is 7.25. The summed E-state index contributed by atoms with van der Waals surface area (Å²) in [6.45, 7) is 0. The van der Waals surface area contributed by atoms with Crippen molar-refractivity contribution >= 4 is 16.9 Å². The molecule has 0 saturated heterocycles. The molecular weight excluding hydrogens is 188 g/mol. The standard InChI is InChI=1S/C7H6N4O3/c1-9-4-8-6-5(11(13)14)2-3-10(12)7(6)9/h2-4H,1H3. The van der Waals surface area contributed by atoms with E-state index in [1.165, 1.54) is 10.9 Å². The Labute approximate surface area is 77.9 Å². The van der Waals surface area contributed by atoms with Crippen LogP contribution in [-0.4, -0.2) is 14.5 Å². The zero-order valence-electron chi connectivity index (χ0n) is 7.25. The smallest absolute Gasteiger partial charge is 0.319 e. The summed E-state index contributed by atoms with van der Waals surface area (Å²) in [5.74, 6) is 0. The minimum atomic E-state index is -0.560. The minimum Gasteiger partial charge on any atom is -0.711 e.